The van der Waals surface area contributed by atoms with Crippen molar-refractivity contribution in [2.75, 3.05) is 12.5 Å². The normalized spacial score (nSPS) is 12.5. The lowest BCUT2D eigenvalue weighted by molar-refractivity contribution is -2.00. The average Bonchev–Trinajstić information content (AvgIpc) is 2.45. The van der Waals surface area contributed by atoms with Gasteiger partial charge in [0.25, 0.3) is 0 Å². The van der Waals surface area contributed by atoms with Gasteiger partial charge in [-0.1, -0.05) is 35.9 Å². The highest BCUT2D eigenvalue weighted by molar-refractivity contribution is 7.94. The van der Waals surface area contributed by atoms with Crippen LogP contribution in [0.5, 0.6) is 0 Å². The first-order valence-electron chi connectivity index (χ1n) is 6.80. The van der Waals surface area contributed by atoms with Crippen molar-refractivity contribution in [1.82, 2.24) is 0 Å². The topological polar surface area (TPSA) is 109 Å². The Bertz CT molecular complexity index is 663. The number of hydrogen-bond acceptors (Lipinski definition) is 5. The standard InChI is InChI=1S/C16H19OS2.ClHO4/c1-13-8-10-15(11-9-13)19(17)16-7-5-4-6-14(16)12-18(2)3;2-1(3,4)5/h4-11H,12H2,1-3H3;(H,2,3,4,5)/q+1;/p-1/t19-;/m0./s1. The summed E-state index contributed by atoms with van der Waals surface area (Å²) in [6.45, 7) is 2.04. The van der Waals surface area contributed by atoms with E-state index in [1.165, 1.54) is 11.1 Å². The van der Waals surface area contributed by atoms with Crippen LogP contribution in [0.25, 0.3) is 0 Å². The molecule has 0 amide bonds. The van der Waals surface area contributed by atoms with Crippen LogP contribution in [0.1, 0.15) is 11.1 Å². The molecule has 0 saturated carbocycles. The monoisotopic (exact) mass is 390 g/mol. The summed E-state index contributed by atoms with van der Waals surface area (Å²) in [5.74, 6) is 0.994. The second-order valence-corrected chi connectivity index (χ2v) is 9.66. The van der Waals surface area contributed by atoms with Crippen molar-refractivity contribution in [3.05, 3.63) is 59.7 Å². The fraction of sp³-hybridized carbons (Fsp3) is 0.250. The van der Waals surface area contributed by atoms with E-state index in [0.29, 0.717) is 10.9 Å². The Morgan fingerprint density at radius 1 is 0.958 bits per heavy atom. The first-order chi connectivity index (χ1) is 11.1. The van der Waals surface area contributed by atoms with E-state index in [-0.39, 0.29) is 0 Å². The van der Waals surface area contributed by atoms with Crippen LogP contribution in [0, 0.1) is 17.2 Å². The third kappa shape index (κ3) is 8.25. The quantitative estimate of drug-likeness (QED) is 0.608. The molecule has 0 fully saturated rings. The lowest BCUT2D eigenvalue weighted by atomic mass is 10.2. The molecule has 0 heterocycles. The largest absolute Gasteiger partial charge is 0.249 e. The third-order valence-corrected chi connectivity index (χ3v) is 5.24. The summed E-state index contributed by atoms with van der Waals surface area (Å²) in [6.07, 6.45) is 4.43. The second kappa shape index (κ2) is 9.53. The van der Waals surface area contributed by atoms with E-state index in [1.807, 2.05) is 49.4 Å². The molecule has 2 rings (SSSR count). The van der Waals surface area contributed by atoms with E-state index in [1.54, 1.807) is 0 Å². The van der Waals surface area contributed by atoms with Gasteiger partial charge in [0, 0.05) is 10.5 Å². The van der Waals surface area contributed by atoms with Gasteiger partial charge in [-0.25, -0.2) is 22.8 Å². The Balaban J connectivity index is 0.000000505. The van der Waals surface area contributed by atoms with Crippen LogP contribution in [0.3, 0.4) is 0 Å². The first-order valence-corrected chi connectivity index (χ1v) is 11.4. The molecule has 0 spiro atoms. The average molecular weight is 391 g/mol. The van der Waals surface area contributed by atoms with Gasteiger partial charge >= 0.3 is 0 Å². The van der Waals surface area contributed by atoms with E-state index >= 15 is 0 Å². The van der Waals surface area contributed by atoms with E-state index < -0.39 is 21.0 Å². The van der Waals surface area contributed by atoms with Crippen molar-refractivity contribution in [3.8, 4) is 0 Å². The Labute approximate surface area is 149 Å². The van der Waals surface area contributed by atoms with Crippen LogP contribution in [-0.4, -0.2) is 16.7 Å². The molecule has 0 radical (unpaired) electrons. The zero-order valence-corrected chi connectivity index (χ0v) is 16.0. The number of halogens is 1. The Morgan fingerprint density at radius 2 is 1.46 bits per heavy atom. The predicted octanol–water partition coefficient (Wildman–Crippen LogP) is -1.22. The molecule has 2 aromatic carbocycles. The van der Waals surface area contributed by atoms with Gasteiger partial charge in [-0.3, -0.25) is 0 Å². The molecule has 24 heavy (non-hydrogen) atoms. The highest BCUT2D eigenvalue weighted by Crippen LogP contribution is 2.22. The smallest absolute Gasteiger partial charge is 0.133 e. The molecule has 8 heteroatoms. The van der Waals surface area contributed by atoms with Crippen LogP contribution >= 0.6 is 0 Å². The molecule has 132 valence electrons. The van der Waals surface area contributed by atoms with Crippen LogP contribution < -0.4 is 18.6 Å². The summed E-state index contributed by atoms with van der Waals surface area (Å²) in [4.78, 5) is 1.83. The van der Waals surface area contributed by atoms with Crippen molar-refractivity contribution < 1.29 is 33.1 Å². The Morgan fingerprint density at radius 3 is 1.96 bits per heavy atom. The highest BCUT2D eigenvalue weighted by atomic mass is 35.7. The molecule has 2 aromatic rings. The summed E-state index contributed by atoms with van der Waals surface area (Å²) >= 11 is 0. The van der Waals surface area contributed by atoms with Crippen molar-refractivity contribution in [2.24, 2.45) is 0 Å². The molecule has 0 aliphatic rings. The zero-order valence-electron chi connectivity index (χ0n) is 13.6. The minimum atomic E-state index is -4.94. The first kappa shape index (κ1) is 21.1. The molecule has 0 bridgehead atoms. The second-order valence-electron chi connectivity index (χ2n) is 5.20. The highest BCUT2D eigenvalue weighted by Gasteiger charge is 2.15. The fourth-order valence-electron chi connectivity index (χ4n) is 1.90. The molecule has 0 aliphatic carbocycles. The molecular formula is C16H19ClO5S2. The van der Waals surface area contributed by atoms with Gasteiger partial charge in [0.05, 0.1) is 28.2 Å². The van der Waals surface area contributed by atoms with E-state index in [2.05, 4.69) is 18.6 Å². The van der Waals surface area contributed by atoms with E-state index in [9.17, 15) is 4.21 Å². The molecule has 0 unspecified atom stereocenters. The number of hydrogen-bond donors (Lipinski definition) is 0. The molecule has 1 atom stereocenters. The van der Waals surface area contributed by atoms with Crippen LogP contribution in [0.4, 0.5) is 0 Å². The minimum Gasteiger partial charge on any atom is -0.249 e. The van der Waals surface area contributed by atoms with Crippen molar-refractivity contribution in [2.45, 2.75) is 22.5 Å². The molecule has 0 aliphatic heterocycles. The molecule has 5 nitrogen and oxygen atoms in total. The van der Waals surface area contributed by atoms with Gasteiger partial charge in [-0.2, -0.15) is 0 Å². The van der Waals surface area contributed by atoms with Crippen molar-refractivity contribution in [3.63, 3.8) is 0 Å². The van der Waals surface area contributed by atoms with Crippen molar-refractivity contribution in [1.29, 1.82) is 0 Å². The SMILES string of the molecule is Cc1ccc([S@](=O)c2ccccc2C[S+](C)C)cc1.[O-][Cl+3]([O-])([O-])[O-]. The fourth-order valence-corrected chi connectivity index (χ4v) is 4.09. The summed E-state index contributed by atoms with van der Waals surface area (Å²) in [6, 6.07) is 16.0. The summed E-state index contributed by atoms with van der Waals surface area (Å²) in [5.41, 5.74) is 2.40. The van der Waals surface area contributed by atoms with Crippen LogP contribution in [-0.2, 0) is 27.4 Å². The van der Waals surface area contributed by atoms with Gasteiger partial charge in [0.15, 0.2) is 0 Å². The van der Waals surface area contributed by atoms with E-state index in [4.69, 9.17) is 18.6 Å². The lowest BCUT2D eigenvalue weighted by Gasteiger charge is -2.17. The molecule has 0 saturated heterocycles. The Hall–Kier alpha value is -0.930. The van der Waals surface area contributed by atoms with Gasteiger partial charge in [0.2, 0.25) is 0 Å². The van der Waals surface area contributed by atoms with E-state index in [0.717, 1.165) is 15.5 Å². The minimum absolute atomic E-state index is 0.312. The van der Waals surface area contributed by atoms with Crippen molar-refractivity contribution >= 4 is 21.7 Å². The number of aryl methyl sites for hydroxylation is 1. The van der Waals surface area contributed by atoms with Gasteiger partial charge in [-0.05, 0) is 36.0 Å². The zero-order chi connectivity index (χ0) is 18.3. The maximum Gasteiger partial charge on any atom is 0.133 e. The lowest BCUT2D eigenvalue weighted by Crippen LogP contribution is -2.68. The summed E-state index contributed by atoms with van der Waals surface area (Å²) < 4.78 is 46.6. The summed E-state index contributed by atoms with van der Waals surface area (Å²) in [7, 11) is -5.71. The molecule has 0 aromatic heterocycles. The van der Waals surface area contributed by atoms with Crippen LogP contribution in [0.2, 0.25) is 0 Å². The maximum atomic E-state index is 12.7. The maximum absolute atomic E-state index is 12.7. The van der Waals surface area contributed by atoms with Gasteiger partial charge in [0.1, 0.15) is 5.75 Å². The third-order valence-electron chi connectivity index (χ3n) is 2.85. The van der Waals surface area contributed by atoms with Gasteiger partial charge in [-0.15, -0.1) is 10.2 Å². The molecular weight excluding hydrogens is 372 g/mol. The molecule has 0 N–H and O–H groups in total. The Kier molecular flexibility index (Phi) is 8.38. The van der Waals surface area contributed by atoms with Gasteiger partial charge < -0.3 is 0 Å². The summed E-state index contributed by atoms with van der Waals surface area (Å²) in [5, 5.41) is 0. The predicted molar refractivity (Wildman–Crippen MR) is 85.2 cm³/mol. The number of benzene rings is 2. The number of rotatable bonds is 4. The van der Waals surface area contributed by atoms with Crippen LogP contribution in [0.15, 0.2) is 58.3 Å².